The third kappa shape index (κ3) is 6.24. The molecule has 1 N–H and O–H groups in total. The van der Waals surface area contributed by atoms with Gasteiger partial charge in [-0.05, 0) is 56.7 Å². The molecule has 0 aliphatic carbocycles. The zero-order chi connectivity index (χ0) is 29.9. The van der Waals surface area contributed by atoms with Crippen LogP contribution in [0.2, 0.25) is 0 Å². The van der Waals surface area contributed by atoms with Crippen molar-refractivity contribution in [1.82, 2.24) is 29.6 Å². The van der Waals surface area contributed by atoms with E-state index in [9.17, 15) is 9.18 Å². The van der Waals surface area contributed by atoms with Gasteiger partial charge < -0.3 is 19.4 Å². The van der Waals surface area contributed by atoms with E-state index in [4.69, 9.17) is 19.7 Å². The molecule has 1 unspecified atom stereocenters. The fraction of sp³-hybridized carbons (Fsp3) is 0.281. The van der Waals surface area contributed by atoms with Gasteiger partial charge in [0.15, 0.2) is 0 Å². The average Bonchev–Trinajstić information content (AvgIpc) is 3.58. The Morgan fingerprint density at radius 2 is 2.07 bits per heavy atom. The Morgan fingerprint density at radius 3 is 2.81 bits per heavy atom. The molecule has 2 aromatic carbocycles. The van der Waals surface area contributed by atoms with Crippen molar-refractivity contribution < 1.29 is 18.7 Å². The fourth-order valence-electron chi connectivity index (χ4n) is 4.88. The van der Waals surface area contributed by atoms with Gasteiger partial charge in [-0.3, -0.25) is 9.48 Å². The summed E-state index contributed by atoms with van der Waals surface area (Å²) in [5, 5.41) is 16.4. The molecule has 5 aromatic rings. The molecule has 1 amide bonds. The van der Waals surface area contributed by atoms with Crippen LogP contribution in [0.25, 0.3) is 22.3 Å². The predicted octanol–water partition coefficient (Wildman–Crippen LogP) is 4.86. The number of fused-ring (bicyclic) bond motifs is 1. The van der Waals surface area contributed by atoms with Crippen molar-refractivity contribution in [1.29, 1.82) is 5.26 Å². The summed E-state index contributed by atoms with van der Waals surface area (Å²) in [7, 11) is 0. The van der Waals surface area contributed by atoms with E-state index in [0.29, 0.717) is 35.8 Å². The van der Waals surface area contributed by atoms with E-state index in [1.807, 2.05) is 50.4 Å². The number of pyridine rings is 1. The third-order valence-electron chi connectivity index (χ3n) is 7.20. The summed E-state index contributed by atoms with van der Waals surface area (Å²) in [5.74, 6) is 0.523. The molecule has 11 heteroatoms. The Morgan fingerprint density at radius 1 is 1.21 bits per heavy atom. The standard InChI is InChI=1S/C32H30FN7O3/c1-20(2)36-32(41)22-8-9-28-29(13-22)40(17-25-10-11-42-25)30(37-28)18-39-16-24(15-35-39)27-4-3-5-31(38-27)43-19-23-7-6-21(14-34)12-26(23)33/h3-9,12-13,15-16,20,25H,10-11,17-19H2,1-2H3,(H,36,41). The zero-order valence-corrected chi connectivity index (χ0v) is 23.8. The highest BCUT2D eigenvalue weighted by Crippen LogP contribution is 2.25. The molecular weight excluding hydrogens is 549 g/mol. The van der Waals surface area contributed by atoms with E-state index in [1.165, 1.54) is 12.1 Å². The molecule has 0 bridgehead atoms. The van der Waals surface area contributed by atoms with E-state index >= 15 is 0 Å². The number of nitrogens with one attached hydrogen (secondary N) is 1. The van der Waals surface area contributed by atoms with Crippen LogP contribution in [0.5, 0.6) is 5.88 Å². The number of nitrogens with zero attached hydrogens (tertiary/aromatic N) is 6. The second-order valence-electron chi connectivity index (χ2n) is 10.7. The van der Waals surface area contributed by atoms with Crippen molar-refractivity contribution in [3.05, 3.63) is 95.3 Å². The minimum Gasteiger partial charge on any atom is -0.473 e. The zero-order valence-electron chi connectivity index (χ0n) is 23.8. The SMILES string of the molecule is CC(C)NC(=O)c1ccc2nc(Cn3cc(-c4cccc(OCc5ccc(C#N)cc5F)n4)cn3)n(CC3CCO3)c2c1. The van der Waals surface area contributed by atoms with Gasteiger partial charge in [-0.1, -0.05) is 12.1 Å². The average molecular weight is 580 g/mol. The summed E-state index contributed by atoms with van der Waals surface area (Å²) in [6.07, 6.45) is 4.68. The molecule has 1 aliphatic rings. The van der Waals surface area contributed by atoms with E-state index in [2.05, 4.69) is 20.0 Å². The Balaban J connectivity index is 1.21. The Hall–Kier alpha value is -5.08. The first-order valence-corrected chi connectivity index (χ1v) is 14.1. The number of aromatic nitrogens is 5. The first-order valence-electron chi connectivity index (χ1n) is 14.1. The molecule has 3 aromatic heterocycles. The van der Waals surface area contributed by atoms with Crippen molar-refractivity contribution >= 4 is 16.9 Å². The van der Waals surface area contributed by atoms with E-state index in [-0.39, 0.29) is 30.2 Å². The highest BCUT2D eigenvalue weighted by Gasteiger charge is 2.23. The highest BCUT2D eigenvalue weighted by atomic mass is 19.1. The van der Waals surface area contributed by atoms with Crippen molar-refractivity contribution in [2.45, 2.75) is 52.1 Å². The lowest BCUT2D eigenvalue weighted by atomic mass is 10.1. The summed E-state index contributed by atoms with van der Waals surface area (Å²) in [5.41, 5.74) is 4.28. The lowest BCUT2D eigenvalue weighted by Crippen LogP contribution is -2.32. The quantitative estimate of drug-likeness (QED) is 0.251. The van der Waals surface area contributed by atoms with Crippen LogP contribution in [-0.4, -0.2) is 49.0 Å². The second-order valence-corrected chi connectivity index (χ2v) is 10.7. The lowest BCUT2D eigenvalue weighted by molar-refractivity contribution is -0.0590. The number of benzene rings is 2. The number of carbonyl (C=O) groups excluding carboxylic acids is 1. The molecule has 0 radical (unpaired) electrons. The van der Waals surface area contributed by atoms with Gasteiger partial charge in [-0.2, -0.15) is 10.4 Å². The topological polar surface area (TPSA) is 120 Å². The minimum atomic E-state index is -0.499. The van der Waals surface area contributed by atoms with Crippen LogP contribution in [0.4, 0.5) is 4.39 Å². The summed E-state index contributed by atoms with van der Waals surface area (Å²) in [6.45, 7) is 5.63. The first kappa shape index (κ1) is 28.1. The van der Waals surface area contributed by atoms with Crippen LogP contribution in [0, 0.1) is 17.1 Å². The van der Waals surface area contributed by atoms with Crippen molar-refractivity contribution in [2.75, 3.05) is 6.61 Å². The van der Waals surface area contributed by atoms with Gasteiger partial charge >= 0.3 is 0 Å². The van der Waals surface area contributed by atoms with Crippen LogP contribution >= 0.6 is 0 Å². The molecule has 218 valence electrons. The van der Waals surface area contributed by atoms with Gasteiger partial charge in [-0.15, -0.1) is 0 Å². The van der Waals surface area contributed by atoms with Gasteiger partial charge in [0.05, 0.1) is 53.8 Å². The van der Waals surface area contributed by atoms with Gasteiger partial charge in [0.1, 0.15) is 18.2 Å². The third-order valence-corrected chi connectivity index (χ3v) is 7.20. The van der Waals surface area contributed by atoms with Gasteiger partial charge in [-0.25, -0.2) is 14.4 Å². The van der Waals surface area contributed by atoms with Crippen molar-refractivity contribution in [3.8, 4) is 23.2 Å². The summed E-state index contributed by atoms with van der Waals surface area (Å²) in [6, 6.07) is 17.2. The van der Waals surface area contributed by atoms with E-state index < -0.39 is 5.82 Å². The Bertz CT molecular complexity index is 1830. The van der Waals surface area contributed by atoms with Crippen LogP contribution in [-0.2, 0) is 24.4 Å². The number of amides is 1. The molecule has 1 saturated heterocycles. The van der Waals surface area contributed by atoms with Crippen molar-refractivity contribution in [3.63, 3.8) is 0 Å². The van der Waals surface area contributed by atoms with Gasteiger partial charge in [0.25, 0.3) is 5.91 Å². The smallest absolute Gasteiger partial charge is 0.251 e. The molecule has 1 fully saturated rings. The Kier molecular flexibility index (Phi) is 7.85. The molecular formula is C32H30FN7O3. The first-order chi connectivity index (χ1) is 20.9. The van der Waals surface area contributed by atoms with E-state index in [0.717, 1.165) is 35.4 Å². The maximum Gasteiger partial charge on any atom is 0.251 e. The maximum atomic E-state index is 14.3. The number of ether oxygens (including phenoxy) is 2. The number of hydrogen-bond acceptors (Lipinski definition) is 7. The predicted molar refractivity (Wildman–Crippen MR) is 157 cm³/mol. The van der Waals surface area contributed by atoms with Crippen LogP contribution in [0.1, 0.15) is 47.6 Å². The molecule has 43 heavy (non-hydrogen) atoms. The van der Waals surface area contributed by atoms with Crippen LogP contribution in [0.3, 0.4) is 0 Å². The molecule has 0 spiro atoms. The number of imidazole rings is 1. The molecule has 1 aliphatic heterocycles. The van der Waals surface area contributed by atoms with Crippen LogP contribution in [0.15, 0.2) is 67.0 Å². The van der Waals surface area contributed by atoms with E-state index in [1.54, 1.807) is 29.1 Å². The minimum absolute atomic E-state index is 0.0188. The Labute approximate surface area is 247 Å². The molecule has 6 rings (SSSR count). The lowest BCUT2D eigenvalue weighted by Gasteiger charge is -2.27. The summed E-state index contributed by atoms with van der Waals surface area (Å²) < 4.78 is 29.6. The monoisotopic (exact) mass is 579 g/mol. The van der Waals surface area contributed by atoms with Gasteiger partial charge in [0.2, 0.25) is 5.88 Å². The molecule has 1 atom stereocenters. The number of carbonyl (C=O) groups is 1. The number of hydrogen-bond donors (Lipinski definition) is 1. The molecule has 0 saturated carbocycles. The van der Waals surface area contributed by atoms with Gasteiger partial charge in [0, 0.05) is 41.6 Å². The molecule has 10 nitrogen and oxygen atoms in total. The summed E-state index contributed by atoms with van der Waals surface area (Å²) in [4.78, 5) is 22.1. The van der Waals surface area contributed by atoms with Crippen LogP contribution < -0.4 is 10.1 Å². The molecule has 4 heterocycles. The summed E-state index contributed by atoms with van der Waals surface area (Å²) >= 11 is 0. The fourth-order valence-corrected chi connectivity index (χ4v) is 4.88. The largest absolute Gasteiger partial charge is 0.473 e. The number of rotatable bonds is 10. The highest BCUT2D eigenvalue weighted by molar-refractivity contribution is 5.97. The maximum absolute atomic E-state index is 14.3. The van der Waals surface area contributed by atoms with Crippen molar-refractivity contribution in [2.24, 2.45) is 0 Å². The second kappa shape index (κ2) is 12.0. The normalized spacial score (nSPS) is 14.4. The number of halogens is 1. The number of nitriles is 1.